The van der Waals surface area contributed by atoms with Crippen LogP contribution in [0.2, 0.25) is 0 Å². The fraction of sp³-hybridized carbons (Fsp3) is 0.556. The molecule has 0 fully saturated rings. The highest BCUT2D eigenvalue weighted by atomic mass is 79.9. The Labute approximate surface area is 98.9 Å². The molecular formula is C9H11Br3. The van der Waals surface area contributed by atoms with E-state index >= 15 is 0 Å². The molecule has 0 amide bonds. The number of hydrogen-bond acceptors (Lipinski definition) is 0. The summed E-state index contributed by atoms with van der Waals surface area (Å²) in [6, 6.07) is 0. The predicted molar refractivity (Wildman–Crippen MR) is 65.7 cm³/mol. The van der Waals surface area contributed by atoms with Crippen molar-refractivity contribution in [2.24, 2.45) is 5.92 Å². The highest BCUT2D eigenvalue weighted by Gasteiger charge is 2.12. The Morgan fingerprint density at radius 3 is 2.50 bits per heavy atom. The van der Waals surface area contributed by atoms with E-state index < -0.39 is 0 Å². The second-order valence-corrected chi connectivity index (χ2v) is 4.70. The van der Waals surface area contributed by atoms with E-state index in [2.05, 4.69) is 59.9 Å². The van der Waals surface area contributed by atoms with Crippen LogP contribution in [0.1, 0.15) is 6.42 Å². The molecule has 0 spiro atoms. The molecule has 1 atom stereocenters. The minimum absolute atomic E-state index is 0.676. The first-order valence-corrected chi connectivity index (χ1v) is 7.24. The van der Waals surface area contributed by atoms with Crippen LogP contribution in [0.3, 0.4) is 0 Å². The van der Waals surface area contributed by atoms with E-state index in [1.807, 2.05) is 0 Å². The first-order valence-electron chi connectivity index (χ1n) is 3.88. The van der Waals surface area contributed by atoms with Gasteiger partial charge in [-0.25, -0.2) is 0 Å². The fourth-order valence-corrected chi connectivity index (χ4v) is 2.50. The van der Waals surface area contributed by atoms with Gasteiger partial charge in [-0.3, -0.25) is 0 Å². The lowest BCUT2D eigenvalue weighted by Crippen LogP contribution is -2.07. The predicted octanol–water partition coefficient (Wildman–Crippen LogP) is 4.04. The Morgan fingerprint density at radius 2 is 2.00 bits per heavy atom. The van der Waals surface area contributed by atoms with Crippen molar-refractivity contribution in [2.45, 2.75) is 6.42 Å². The van der Waals surface area contributed by atoms with Crippen molar-refractivity contribution >= 4 is 47.8 Å². The summed E-state index contributed by atoms with van der Waals surface area (Å²) in [6.07, 6.45) is 5.81. The van der Waals surface area contributed by atoms with Crippen LogP contribution in [0, 0.1) is 5.92 Å². The van der Waals surface area contributed by atoms with Crippen molar-refractivity contribution in [3.63, 3.8) is 0 Å². The van der Waals surface area contributed by atoms with Gasteiger partial charge in [0.2, 0.25) is 0 Å². The first-order chi connectivity index (χ1) is 5.80. The highest BCUT2D eigenvalue weighted by Crippen LogP contribution is 2.26. The van der Waals surface area contributed by atoms with Gasteiger partial charge in [0.05, 0.1) is 0 Å². The number of alkyl halides is 3. The normalized spacial score (nSPS) is 23.4. The van der Waals surface area contributed by atoms with Crippen molar-refractivity contribution in [1.29, 1.82) is 0 Å². The van der Waals surface area contributed by atoms with E-state index in [9.17, 15) is 0 Å². The van der Waals surface area contributed by atoms with E-state index in [1.165, 1.54) is 17.6 Å². The van der Waals surface area contributed by atoms with Crippen molar-refractivity contribution in [2.75, 3.05) is 16.0 Å². The molecule has 0 aliphatic heterocycles. The van der Waals surface area contributed by atoms with Gasteiger partial charge in [0.25, 0.3) is 0 Å². The smallest absolute Gasteiger partial charge is 0.0279 e. The van der Waals surface area contributed by atoms with Crippen LogP contribution >= 0.6 is 47.8 Å². The molecule has 0 saturated heterocycles. The second-order valence-electron chi connectivity index (χ2n) is 2.93. The van der Waals surface area contributed by atoms with Crippen LogP contribution in [0.15, 0.2) is 23.3 Å². The molecule has 0 N–H and O–H groups in total. The van der Waals surface area contributed by atoms with Gasteiger partial charge in [-0.15, -0.1) is 0 Å². The SMILES string of the molecule is BrCC1=CC(CBr)CC(CBr)=C1. The summed E-state index contributed by atoms with van der Waals surface area (Å²) in [5.41, 5.74) is 2.90. The summed E-state index contributed by atoms with van der Waals surface area (Å²) in [7, 11) is 0. The monoisotopic (exact) mass is 356 g/mol. The molecule has 1 rings (SSSR count). The zero-order chi connectivity index (χ0) is 8.97. The number of halogens is 3. The molecule has 0 radical (unpaired) electrons. The second kappa shape index (κ2) is 5.61. The Morgan fingerprint density at radius 1 is 1.25 bits per heavy atom. The average Bonchev–Trinajstić information content (AvgIpc) is 2.16. The summed E-state index contributed by atoms with van der Waals surface area (Å²) >= 11 is 10.5. The molecule has 1 aliphatic carbocycles. The Hall–Kier alpha value is 0.920. The van der Waals surface area contributed by atoms with Gasteiger partial charge in [0.15, 0.2) is 0 Å². The molecule has 1 aliphatic rings. The minimum Gasteiger partial charge on any atom is -0.0922 e. The van der Waals surface area contributed by atoms with Gasteiger partial charge in [-0.2, -0.15) is 0 Å². The number of allylic oxidation sites excluding steroid dienone is 4. The topological polar surface area (TPSA) is 0 Å². The largest absolute Gasteiger partial charge is 0.0922 e. The molecular weight excluding hydrogens is 348 g/mol. The zero-order valence-electron chi connectivity index (χ0n) is 6.69. The molecule has 1 unspecified atom stereocenters. The lowest BCUT2D eigenvalue weighted by molar-refractivity contribution is 0.719. The van der Waals surface area contributed by atoms with Crippen LogP contribution in [0.25, 0.3) is 0 Å². The maximum atomic E-state index is 3.52. The number of rotatable bonds is 3. The zero-order valence-corrected chi connectivity index (χ0v) is 11.5. The van der Waals surface area contributed by atoms with Crippen LogP contribution in [-0.4, -0.2) is 16.0 Å². The molecule has 0 aromatic rings. The maximum Gasteiger partial charge on any atom is 0.0279 e. The molecule has 0 nitrogen and oxygen atoms in total. The average molecular weight is 359 g/mol. The van der Waals surface area contributed by atoms with Crippen LogP contribution in [-0.2, 0) is 0 Å². The van der Waals surface area contributed by atoms with Crippen molar-refractivity contribution in [1.82, 2.24) is 0 Å². The lowest BCUT2D eigenvalue weighted by atomic mass is 9.93. The Balaban J connectivity index is 2.70. The maximum absolute atomic E-state index is 3.52. The van der Waals surface area contributed by atoms with E-state index in [1.54, 1.807) is 0 Å². The standard InChI is InChI=1S/C9H11Br3/c10-4-7-1-8(5-11)3-9(2-7)6-12/h1-2,8H,3-6H2. The van der Waals surface area contributed by atoms with Gasteiger partial charge >= 0.3 is 0 Å². The Bertz CT molecular complexity index is 206. The van der Waals surface area contributed by atoms with Crippen LogP contribution < -0.4 is 0 Å². The summed E-state index contributed by atoms with van der Waals surface area (Å²) in [5, 5.41) is 3.03. The van der Waals surface area contributed by atoms with E-state index in [0.717, 1.165) is 16.0 Å². The quantitative estimate of drug-likeness (QED) is 0.668. The van der Waals surface area contributed by atoms with Gasteiger partial charge < -0.3 is 0 Å². The summed E-state index contributed by atoms with van der Waals surface area (Å²) in [5.74, 6) is 0.676. The third-order valence-electron chi connectivity index (χ3n) is 1.89. The third kappa shape index (κ3) is 3.00. The third-order valence-corrected chi connectivity index (χ3v) is 4.09. The summed E-state index contributed by atoms with van der Waals surface area (Å²) in [6.45, 7) is 0. The van der Waals surface area contributed by atoms with Crippen LogP contribution in [0.5, 0.6) is 0 Å². The molecule has 0 heterocycles. The fourth-order valence-electron chi connectivity index (χ4n) is 1.34. The van der Waals surface area contributed by atoms with Gasteiger partial charge in [-0.05, 0) is 17.9 Å². The van der Waals surface area contributed by atoms with Gasteiger partial charge in [0.1, 0.15) is 0 Å². The number of hydrogen-bond donors (Lipinski definition) is 0. The lowest BCUT2D eigenvalue weighted by Gasteiger charge is -2.18. The van der Waals surface area contributed by atoms with Crippen molar-refractivity contribution in [3.8, 4) is 0 Å². The summed E-state index contributed by atoms with van der Waals surface area (Å²) in [4.78, 5) is 0. The van der Waals surface area contributed by atoms with Gasteiger partial charge in [-0.1, -0.05) is 65.5 Å². The summed E-state index contributed by atoms with van der Waals surface area (Å²) < 4.78 is 0. The van der Waals surface area contributed by atoms with Crippen molar-refractivity contribution in [3.05, 3.63) is 23.3 Å². The molecule has 0 bridgehead atoms. The molecule has 0 saturated carbocycles. The van der Waals surface area contributed by atoms with Gasteiger partial charge in [0, 0.05) is 16.0 Å². The minimum atomic E-state index is 0.676. The molecule has 12 heavy (non-hydrogen) atoms. The molecule has 0 aromatic heterocycles. The molecule has 68 valence electrons. The molecule has 0 aromatic carbocycles. The van der Waals surface area contributed by atoms with Crippen LogP contribution in [0.4, 0.5) is 0 Å². The van der Waals surface area contributed by atoms with Crippen molar-refractivity contribution < 1.29 is 0 Å². The van der Waals surface area contributed by atoms with E-state index in [0.29, 0.717) is 5.92 Å². The Kier molecular flexibility index (Phi) is 5.14. The van der Waals surface area contributed by atoms with E-state index in [-0.39, 0.29) is 0 Å². The first kappa shape index (κ1) is 11.0. The molecule has 3 heteroatoms. The highest BCUT2D eigenvalue weighted by molar-refractivity contribution is 9.09. The van der Waals surface area contributed by atoms with E-state index in [4.69, 9.17) is 0 Å².